The number of aliphatic hydroxyl groups excluding tert-OH is 1. The molecule has 1 N–H and O–H groups in total. The summed E-state index contributed by atoms with van der Waals surface area (Å²) in [5.74, 6) is -0.664. The lowest BCUT2D eigenvalue weighted by molar-refractivity contribution is -0.250. The predicted molar refractivity (Wildman–Crippen MR) is 86.4 cm³/mol. The van der Waals surface area contributed by atoms with E-state index in [-0.39, 0.29) is 13.2 Å². The van der Waals surface area contributed by atoms with Crippen LogP contribution in [0.5, 0.6) is 0 Å². The summed E-state index contributed by atoms with van der Waals surface area (Å²) in [4.78, 5) is 0. The molecule has 0 spiro atoms. The minimum absolute atomic E-state index is 0.00975. The van der Waals surface area contributed by atoms with Gasteiger partial charge in [0.15, 0.2) is 12.1 Å². The monoisotopic (exact) mass is 330 g/mol. The van der Waals surface area contributed by atoms with Crippen LogP contribution in [-0.4, -0.2) is 23.9 Å². The number of halogens is 1. The van der Waals surface area contributed by atoms with Crippen molar-refractivity contribution < 1.29 is 23.7 Å². The highest BCUT2D eigenvalue weighted by Gasteiger charge is 2.34. The zero-order valence-electron chi connectivity index (χ0n) is 13.0. The minimum atomic E-state index is -1.11. The lowest BCUT2D eigenvalue weighted by atomic mass is 10.1. The summed E-state index contributed by atoms with van der Waals surface area (Å²) < 4.78 is 30.6. The number of benzene rings is 2. The molecule has 2 aromatic rings. The lowest BCUT2D eigenvalue weighted by Gasteiger charge is -2.33. The molecule has 0 aliphatic carbocycles. The Hall–Kier alpha value is -2.21. The van der Waals surface area contributed by atoms with Gasteiger partial charge in [-0.2, -0.15) is 0 Å². The summed E-state index contributed by atoms with van der Waals surface area (Å²) in [6.45, 7) is 0.236. The van der Waals surface area contributed by atoms with Crippen LogP contribution >= 0.6 is 0 Å². The largest absolute Gasteiger partial charge is 0.494 e. The van der Waals surface area contributed by atoms with Gasteiger partial charge in [-0.15, -0.1) is 0 Å². The smallest absolute Gasteiger partial charge is 0.184 e. The van der Waals surface area contributed by atoms with Crippen LogP contribution in [0.25, 0.3) is 0 Å². The predicted octanol–water partition coefficient (Wildman–Crippen LogP) is 3.49. The molecule has 24 heavy (non-hydrogen) atoms. The van der Waals surface area contributed by atoms with Gasteiger partial charge in [-0.3, -0.25) is 0 Å². The van der Waals surface area contributed by atoms with Crippen molar-refractivity contribution in [2.75, 3.05) is 6.61 Å². The molecule has 0 saturated carbocycles. The van der Waals surface area contributed by atoms with Gasteiger partial charge in [0, 0.05) is 5.56 Å². The van der Waals surface area contributed by atoms with E-state index in [2.05, 4.69) is 0 Å². The summed E-state index contributed by atoms with van der Waals surface area (Å²) in [6.07, 6.45) is -1.91. The number of rotatable bonds is 5. The molecule has 0 unspecified atom stereocenters. The first-order valence-electron chi connectivity index (χ1n) is 7.75. The quantitative estimate of drug-likeness (QED) is 0.853. The molecule has 0 radical (unpaired) electrons. The topological polar surface area (TPSA) is 47.9 Å². The highest BCUT2D eigenvalue weighted by Crippen LogP contribution is 2.30. The molecular formula is C19H19FO4. The van der Waals surface area contributed by atoms with Crippen molar-refractivity contribution in [3.63, 3.8) is 0 Å². The number of aliphatic hydroxyl groups is 1. The van der Waals surface area contributed by atoms with Crippen molar-refractivity contribution >= 4 is 0 Å². The standard InChI is InChI=1S/C19H19FO4/c20-16(12-22-11-14-7-3-1-4-8-14)18-17(21)13-23-19(24-18)15-9-5-2-6-10-15/h1-10,12,17-19,21H,11,13H2/b16-12-/t17-,18+,19-/m1/s1. The van der Waals surface area contributed by atoms with E-state index in [1.165, 1.54) is 0 Å². The molecule has 1 fully saturated rings. The van der Waals surface area contributed by atoms with Crippen molar-refractivity contribution in [3.8, 4) is 0 Å². The Kier molecular flexibility index (Phi) is 5.59. The second-order valence-corrected chi connectivity index (χ2v) is 5.50. The highest BCUT2D eigenvalue weighted by molar-refractivity contribution is 5.17. The first-order chi connectivity index (χ1) is 11.7. The van der Waals surface area contributed by atoms with E-state index in [4.69, 9.17) is 14.2 Å². The molecule has 5 heteroatoms. The van der Waals surface area contributed by atoms with E-state index in [1.54, 1.807) is 0 Å². The van der Waals surface area contributed by atoms with Crippen molar-refractivity contribution in [2.24, 2.45) is 0 Å². The second kappa shape index (κ2) is 8.06. The molecule has 4 nitrogen and oxygen atoms in total. The molecule has 1 heterocycles. The lowest BCUT2D eigenvalue weighted by Crippen LogP contribution is -2.40. The number of hydrogen-bond donors (Lipinski definition) is 1. The summed E-state index contributed by atoms with van der Waals surface area (Å²) in [7, 11) is 0. The van der Waals surface area contributed by atoms with E-state index < -0.39 is 24.3 Å². The zero-order valence-corrected chi connectivity index (χ0v) is 13.0. The van der Waals surface area contributed by atoms with Crippen LogP contribution in [0.2, 0.25) is 0 Å². The molecular weight excluding hydrogens is 311 g/mol. The average Bonchev–Trinajstić information content (AvgIpc) is 2.63. The third kappa shape index (κ3) is 4.20. The third-order valence-electron chi connectivity index (χ3n) is 3.67. The molecule has 1 aliphatic rings. The zero-order chi connectivity index (χ0) is 16.8. The average molecular weight is 330 g/mol. The van der Waals surface area contributed by atoms with Crippen molar-refractivity contribution in [1.82, 2.24) is 0 Å². The van der Waals surface area contributed by atoms with Crippen LogP contribution < -0.4 is 0 Å². The van der Waals surface area contributed by atoms with Crippen molar-refractivity contribution in [1.29, 1.82) is 0 Å². The Morgan fingerprint density at radius 2 is 1.79 bits per heavy atom. The summed E-state index contributed by atoms with van der Waals surface area (Å²) in [5, 5.41) is 9.93. The van der Waals surface area contributed by atoms with E-state index in [0.717, 1.165) is 17.4 Å². The fraction of sp³-hybridized carbons (Fsp3) is 0.263. The number of hydrogen-bond acceptors (Lipinski definition) is 4. The molecule has 1 aliphatic heterocycles. The SMILES string of the molecule is O[C@@H]1CO[C@@H](c2ccccc2)O[C@H]1/C(F)=C/OCc1ccccc1. The van der Waals surface area contributed by atoms with Gasteiger partial charge in [0.2, 0.25) is 0 Å². The first kappa shape index (κ1) is 16.6. The third-order valence-corrected chi connectivity index (χ3v) is 3.67. The minimum Gasteiger partial charge on any atom is -0.494 e. The summed E-state index contributed by atoms with van der Waals surface area (Å²) in [5.41, 5.74) is 1.70. The number of ether oxygens (including phenoxy) is 3. The van der Waals surface area contributed by atoms with Gasteiger partial charge in [-0.1, -0.05) is 60.7 Å². The molecule has 0 aromatic heterocycles. The Balaban J connectivity index is 1.61. The Labute approximate surface area is 140 Å². The Bertz CT molecular complexity index is 660. The fourth-order valence-electron chi connectivity index (χ4n) is 2.43. The molecule has 3 atom stereocenters. The van der Waals surface area contributed by atoms with E-state index >= 15 is 0 Å². The molecule has 1 saturated heterocycles. The van der Waals surface area contributed by atoms with Crippen molar-refractivity contribution in [2.45, 2.75) is 25.1 Å². The van der Waals surface area contributed by atoms with Crippen LogP contribution in [0.15, 0.2) is 72.8 Å². The summed E-state index contributed by atoms with van der Waals surface area (Å²) >= 11 is 0. The van der Waals surface area contributed by atoms with Gasteiger partial charge in [0.05, 0.1) is 6.61 Å². The molecule has 2 aromatic carbocycles. The van der Waals surface area contributed by atoms with Crippen LogP contribution in [0.3, 0.4) is 0 Å². The van der Waals surface area contributed by atoms with Gasteiger partial charge < -0.3 is 19.3 Å². The second-order valence-electron chi connectivity index (χ2n) is 5.50. The normalized spacial score (nSPS) is 24.6. The molecule has 0 bridgehead atoms. The molecule has 126 valence electrons. The van der Waals surface area contributed by atoms with E-state index in [0.29, 0.717) is 0 Å². The highest BCUT2D eigenvalue weighted by atomic mass is 19.1. The van der Waals surface area contributed by atoms with Crippen LogP contribution in [-0.2, 0) is 20.8 Å². The van der Waals surface area contributed by atoms with E-state index in [9.17, 15) is 9.50 Å². The van der Waals surface area contributed by atoms with Crippen molar-refractivity contribution in [3.05, 3.63) is 83.9 Å². The fourth-order valence-corrected chi connectivity index (χ4v) is 2.43. The first-order valence-corrected chi connectivity index (χ1v) is 7.75. The molecule has 0 amide bonds. The summed E-state index contributed by atoms with van der Waals surface area (Å²) in [6, 6.07) is 18.7. The Morgan fingerprint density at radius 3 is 2.50 bits per heavy atom. The van der Waals surface area contributed by atoms with Gasteiger partial charge in [0.1, 0.15) is 25.1 Å². The van der Waals surface area contributed by atoms with Crippen LogP contribution in [0.1, 0.15) is 17.4 Å². The maximum atomic E-state index is 14.3. The van der Waals surface area contributed by atoms with Gasteiger partial charge >= 0.3 is 0 Å². The maximum Gasteiger partial charge on any atom is 0.184 e. The maximum absolute atomic E-state index is 14.3. The van der Waals surface area contributed by atoms with Gasteiger partial charge in [0.25, 0.3) is 0 Å². The van der Waals surface area contributed by atoms with Crippen LogP contribution in [0, 0.1) is 0 Å². The Morgan fingerprint density at radius 1 is 1.12 bits per heavy atom. The van der Waals surface area contributed by atoms with Crippen LogP contribution in [0.4, 0.5) is 4.39 Å². The van der Waals surface area contributed by atoms with E-state index in [1.807, 2.05) is 60.7 Å². The molecule has 3 rings (SSSR count). The van der Waals surface area contributed by atoms with Gasteiger partial charge in [-0.25, -0.2) is 4.39 Å². The van der Waals surface area contributed by atoms with Gasteiger partial charge in [-0.05, 0) is 5.56 Å².